The summed E-state index contributed by atoms with van der Waals surface area (Å²) >= 11 is 0. The molecule has 19 heavy (non-hydrogen) atoms. The van der Waals surface area contributed by atoms with Crippen LogP contribution in [-0.2, 0) is 0 Å². The lowest BCUT2D eigenvalue weighted by atomic mass is 10.3. The van der Waals surface area contributed by atoms with E-state index < -0.39 is 11.9 Å². The van der Waals surface area contributed by atoms with Gasteiger partial charge in [-0.15, -0.1) is 0 Å². The third-order valence-electron chi connectivity index (χ3n) is 2.35. The number of aromatic nitrogens is 2. The molecule has 0 radical (unpaired) electrons. The number of nitrogens with two attached hydrogens (primary N) is 2. The van der Waals surface area contributed by atoms with Crippen LogP contribution in [-0.4, -0.2) is 21.7 Å². The van der Waals surface area contributed by atoms with Crippen LogP contribution in [0.2, 0.25) is 0 Å². The number of nitrogen functional groups attached to an aromatic ring is 1. The predicted molar refractivity (Wildman–Crippen MR) is 68.2 cm³/mol. The second kappa shape index (κ2) is 5.08. The lowest BCUT2D eigenvalue weighted by molar-refractivity contribution is 0.0938. The zero-order valence-electron chi connectivity index (χ0n) is 9.83. The van der Waals surface area contributed by atoms with Crippen LogP contribution < -0.4 is 22.3 Å². The number of urea groups is 1. The van der Waals surface area contributed by atoms with Crippen LogP contribution in [0.3, 0.4) is 0 Å². The number of carbonyl (C=O) groups excluding carboxylic acids is 2. The summed E-state index contributed by atoms with van der Waals surface area (Å²) in [6.45, 7) is 0. The molecule has 3 amide bonds. The molecule has 0 bridgehead atoms. The number of primary amides is 1. The largest absolute Gasteiger partial charge is 0.383 e. The van der Waals surface area contributed by atoms with Gasteiger partial charge >= 0.3 is 6.03 Å². The van der Waals surface area contributed by atoms with Crippen LogP contribution in [0.5, 0.6) is 0 Å². The van der Waals surface area contributed by atoms with Crippen molar-refractivity contribution in [3.8, 4) is 5.69 Å². The number of anilines is 1. The van der Waals surface area contributed by atoms with E-state index in [0.717, 1.165) is 5.69 Å². The molecule has 2 rings (SSSR count). The lowest BCUT2D eigenvalue weighted by Gasteiger charge is -2.05. The highest BCUT2D eigenvalue weighted by Crippen LogP contribution is 2.16. The molecule has 0 aliphatic carbocycles. The van der Waals surface area contributed by atoms with E-state index in [0.29, 0.717) is 0 Å². The Labute approximate surface area is 108 Å². The second-order valence-electron chi connectivity index (χ2n) is 3.63. The van der Waals surface area contributed by atoms with E-state index in [-0.39, 0.29) is 11.4 Å². The molecular weight excluding hydrogens is 248 g/mol. The number of nitrogens with one attached hydrogen (secondary N) is 2. The smallest absolute Gasteiger partial charge is 0.330 e. The number of rotatable bonds is 2. The molecule has 6 N–H and O–H groups in total. The molecule has 0 aliphatic heterocycles. The van der Waals surface area contributed by atoms with Crippen LogP contribution in [0.1, 0.15) is 10.4 Å². The Bertz CT molecular complexity index is 607. The van der Waals surface area contributed by atoms with Gasteiger partial charge in [-0.1, -0.05) is 18.2 Å². The number of hydrazine groups is 1. The highest BCUT2D eigenvalue weighted by Gasteiger charge is 2.15. The minimum atomic E-state index is -0.873. The number of hydrogen-bond acceptors (Lipinski definition) is 4. The quantitative estimate of drug-likeness (QED) is 0.556. The normalized spacial score (nSPS) is 9.89. The van der Waals surface area contributed by atoms with Gasteiger partial charge in [-0.25, -0.2) is 14.9 Å². The molecule has 1 heterocycles. The monoisotopic (exact) mass is 260 g/mol. The molecular formula is C11H12N6O2. The number of nitrogens with zero attached hydrogens (tertiary/aromatic N) is 2. The molecule has 8 heteroatoms. The van der Waals surface area contributed by atoms with Gasteiger partial charge in [-0.3, -0.25) is 10.2 Å². The van der Waals surface area contributed by atoms with E-state index in [1.165, 1.54) is 10.9 Å². The highest BCUT2D eigenvalue weighted by molar-refractivity contribution is 5.99. The van der Waals surface area contributed by atoms with Crippen molar-refractivity contribution in [3.05, 3.63) is 42.1 Å². The van der Waals surface area contributed by atoms with Gasteiger partial charge in [0.1, 0.15) is 11.4 Å². The summed E-state index contributed by atoms with van der Waals surface area (Å²) < 4.78 is 1.42. The summed E-state index contributed by atoms with van der Waals surface area (Å²) in [5.41, 5.74) is 15.6. The Balaban J connectivity index is 2.24. The molecule has 98 valence electrons. The van der Waals surface area contributed by atoms with Crippen molar-refractivity contribution in [1.82, 2.24) is 20.6 Å². The number of carbonyl (C=O) groups is 2. The lowest BCUT2D eigenvalue weighted by Crippen LogP contribution is -2.44. The van der Waals surface area contributed by atoms with E-state index in [1.54, 1.807) is 12.1 Å². The van der Waals surface area contributed by atoms with E-state index >= 15 is 0 Å². The number of para-hydroxylation sites is 1. The van der Waals surface area contributed by atoms with Gasteiger partial charge in [-0.05, 0) is 12.1 Å². The fraction of sp³-hybridized carbons (Fsp3) is 0. The topological polar surface area (TPSA) is 128 Å². The zero-order chi connectivity index (χ0) is 13.8. The van der Waals surface area contributed by atoms with E-state index in [2.05, 4.69) is 10.5 Å². The van der Waals surface area contributed by atoms with Crippen molar-refractivity contribution in [3.63, 3.8) is 0 Å². The van der Waals surface area contributed by atoms with Crippen molar-refractivity contribution < 1.29 is 9.59 Å². The van der Waals surface area contributed by atoms with Gasteiger partial charge in [0.05, 0.1) is 11.9 Å². The number of amides is 3. The fourth-order valence-corrected chi connectivity index (χ4v) is 1.49. The molecule has 0 atom stereocenters. The van der Waals surface area contributed by atoms with E-state index in [4.69, 9.17) is 11.5 Å². The van der Waals surface area contributed by atoms with Crippen molar-refractivity contribution in [2.75, 3.05) is 5.73 Å². The predicted octanol–water partition coefficient (Wildman–Crippen LogP) is -0.232. The van der Waals surface area contributed by atoms with Gasteiger partial charge < -0.3 is 11.5 Å². The third kappa shape index (κ3) is 2.63. The molecule has 0 fully saturated rings. The number of hydrogen-bond donors (Lipinski definition) is 4. The Hall–Kier alpha value is -3.03. The van der Waals surface area contributed by atoms with Gasteiger partial charge in [0.25, 0.3) is 5.91 Å². The first kappa shape index (κ1) is 12.4. The van der Waals surface area contributed by atoms with Crippen LogP contribution in [0.25, 0.3) is 5.69 Å². The summed E-state index contributed by atoms with van der Waals surface area (Å²) in [7, 11) is 0. The Morgan fingerprint density at radius 3 is 2.47 bits per heavy atom. The summed E-state index contributed by atoms with van der Waals surface area (Å²) in [4.78, 5) is 22.2. The molecule has 1 aromatic heterocycles. The first-order valence-electron chi connectivity index (χ1n) is 5.34. The Morgan fingerprint density at radius 1 is 1.16 bits per heavy atom. The summed E-state index contributed by atoms with van der Waals surface area (Å²) in [6, 6.07) is 8.23. The van der Waals surface area contributed by atoms with Gasteiger partial charge in [0.2, 0.25) is 0 Å². The minimum Gasteiger partial charge on any atom is -0.383 e. The Morgan fingerprint density at radius 2 is 1.84 bits per heavy atom. The molecule has 0 saturated heterocycles. The average molecular weight is 260 g/mol. The van der Waals surface area contributed by atoms with Crippen LogP contribution in [0, 0.1) is 0 Å². The van der Waals surface area contributed by atoms with Gasteiger partial charge in [0.15, 0.2) is 0 Å². The van der Waals surface area contributed by atoms with Crippen LogP contribution in [0.4, 0.5) is 10.6 Å². The fourth-order valence-electron chi connectivity index (χ4n) is 1.49. The van der Waals surface area contributed by atoms with Gasteiger partial charge in [0, 0.05) is 0 Å². The maximum absolute atomic E-state index is 11.7. The number of benzene rings is 1. The van der Waals surface area contributed by atoms with E-state index in [9.17, 15) is 9.59 Å². The summed E-state index contributed by atoms with van der Waals surface area (Å²) in [6.07, 6.45) is 1.31. The molecule has 1 aromatic carbocycles. The standard InChI is InChI=1S/C11H12N6O2/c12-9-8(10(18)15-16-11(13)19)6-14-17(9)7-4-2-1-3-5-7/h1-6H,12H2,(H,15,18)(H3,13,16,19). The van der Waals surface area contributed by atoms with Crippen molar-refractivity contribution >= 4 is 17.8 Å². The van der Waals surface area contributed by atoms with Crippen LogP contribution in [0.15, 0.2) is 36.5 Å². The maximum Gasteiger partial charge on any atom is 0.330 e. The first-order valence-corrected chi connectivity index (χ1v) is 5.34. The van der Waals surface area contributed by atoms with Gasteiger partial charge in [-0.2, -0.15) is 5.10 Å². The molecule has 0 saturated carbocycles. The average Bonchev–Trinajstić information content (AvgIpc) is 2.79. The molecule has 2 aromatic rings. The van der Waals surface area contributed by atoms with E-state index in [1.807, 2.05) is 23.6 Å². The van der Waals surface area contributed by atoms with Crippen molar-refractivity contribution in [1.29, 1.82) is 0 Å². The second-order valence-corrected chi connectivity index (χ2v) is 3.63. The summed E-state index contributed by atoms with van der Waals surface area (Å²) in [5, 5.41) is 4.02. The van der Waals surface area contributed by atoms with Crippen molar-refractivity contribution in [2.45, 2.75) is 0 Å². The first-order chi connectivity index (χ1) is 9.09. The van der Waals surface area contributed by atoms with Crippen molar-refractivity contribution in [2.24, 2.45) is 5.73 Å². The third-order valence-corrected chi connectivity index (χ3v) is 2.35. The molecule has 8 nitrogen and oxygen atoms in total. The zero-order valence-corrected chi connectivity index (χ0v) is 9.83. The minimum absolute atomic E-state index is 0.137. The molecule has 0 unspecified atom stereocenters. The molecule has 0 spiro atoms. The SMILES string of the molecule is NC(=O)NNC(=O)c1cnn(-c2ccccc2)c1N. The molecule has 0 aliphatic rings. The maximum atomic E-state index is 11.7. The van der Waals surface area contributed by atoms with Crippen LogP contribution >= 0.6 is 0 Å². The summed E-state index contributed by atoms with van der Waals surface area (Å²) in [5.74, 6) is -0.437. The highest BCUT2D eigenvalue weighted by atomic mass is 16.2. The Kier molecular flexibility index (Phi) is 3.33.